The van der Waals surface area contributed by atoms with Crippen LogP contribution in [0.3, 0.4) is 0 Å². The van der Waals surface area contributed by atoms with E-state index in [9.17, 15) is 4.79 Å². The van der Waals surface area contributed by atoms with Crippen molar-refractivity contribution in [3.05, 3.63) is 35.4 Å². The predicted octanol–water partition coefficient (Wildman–Crippen LogP) is 2.51. The Kier molecular flexibility index (Phi) is 4.54. The molecule has 0 aliphatic heterocycles. The third kappa shape index (κ3) is 3.94. The van der Waals surface area contributed by atoms with E-state index in [1.54, 1.807) is 18.3 Å². The maximum Gasteiger partial charge on any atom is 0.271 e. The van der Waals surface area contributed by atoms with Gasteiger partial charge in [0.05, 0.1) is 0 Å². The number of hydrogen-bond donors (Lipinski definition) is 1. The maximum absolute atomic E-state index is 11.5. The van der Waals surface area contributed by atoms with E-state index in [-0.39, 0.29) is 5.91 Å². The molecule has 1 aromatic rings. The Morgan fingerprint density at radius 2 is 2.07 bits per heavy atom. The van der Waals surface area contributed by atoms with Crippen LogP contribution in [0.15, 0.2) is 29.4 Å². The van der Waals surface area contributed by atoms with Crippen LogP contribution in [0.25, 0.3) is 0 Å². The van der Waals surface area contributed by atoms with Crippen molar-refractivity contribution in [2.75, 3.05) is 0 Å². The van der Waals surface area contributed by atoms with Gasteiger partial charge in [-0.15, -0.1) is 0 Å². The number of unbranched alkanes of at least 4 members (excludes halogenated alkanes) is 1. The molecule has 3 nitrogen and oxygen atoms in total. The number of rotatable bonds is 4. The van der Waals surface area contributed by atoms with Crippen molar-refractivity contribution in [3.8, 4) is 0 Å². The van der Waals surface area contributed by atoms with Crippen molar-refractivity contribution >= 4 is 12.1 Å². The molecule has 0 bridgehead atoms. The Hall–Kier alpha value is -1.64. The van der Waals surface area contributed by atoms with E-state index >= 15 is 0 Å². The van der Waals surface area contributed by atoms with Crippen molar-refractivity contribution in [2.24, 2.45) is 5.10 Å². The minimum atomic E-state index is -0.164. The van der Waals surface area contributed by atoms with Gasteiger partial charge in [-0.05, 0) is 25.5 Å². The van der Waals surface area contributed by atoms with Crippen LogP contribution in [0, 0.1) is 6.92 Å². The van der Waals surface area contributed by atoms with E-state index in [0.717, 1.165) is 18.4 Å². The van der Waals surface area contributed by atoms with Crippen molar-refractivity contribution in [2.45, 2.75) is 26.7 Å². The molecule has 0 aliphatic rings. The molecule has 1 amide bonds. The van der Waals surface area contributed by atoms with E-state index < -0.39 is 0 Å². The number of amides is 1. The Morgan fingerprint density at radius 1 is 1.40 bits per heavy atom. The summed E-state index contributed by atoms with van der Waals surface area (Å²) in [7, 11) is 0. The lowest BCUT2D eigenvalue weighted by Gasteiger charge is -1.99. The number of hydrogen-bond acceptors (Lipinski definition) is 2. The van der Waals surface area contributed by atoms with E-state index in [2.05, 4.69) is 17.5 Å². The van der Waals surface area contributed by atoms with Crippen molar-refractivity contribution in [3.63, 3.8) is 0 Å². The SMILES string of the molecule is CCCC=NNC(=O)c1ccc(C)cc1. The second kappa shape index (κ2) is 5.96. The lowest BCUT2D eigenvalue weighted by Crippen LogP contribution is -2.17. The number of nitrogens with one attached hydrogen (secondary N) is 1. The highest BCUT2D eigenvalue weighted by atomic mass is 16.2. The largest absolute Gasteiger partial charge is 0.271 e. The highest BCUT2D eigenvalue weighted by molar-refractivity contribution is 5.94. The quantitative estimate of drug-likeness (QED) is 0.594. The van der Waals surface area contributed by atoms with Gasteiger partial charge in [0.2, 0.25) is 0 Å². The molecule has 15 heavy (non-hydrogen) atoms. The van der Waals surface area contributed by atoms with Gasteiger partial charge in [0.1, 0.15) is 0 Å². The van der Waals surface area contributed by atoms with Crippen LogP contribution in [0.1, 0.15) is 35.7 Å². The zero-order valence-corrected chi connectivity index (χ0v) is 9.16. The van der Waals surface area contributed by atoms with E-state index in [1.807, 2.05) is 19.1 Å². The smallest absolute Gasteiger partial charge is 0.267 e. The van der Waals surface area contributed by atoms with E-state index in [0.29, 0.717) is 5.56 Å². The van der Waals surface area contributed by atoms with Gasteiger partial charge >= 0.3 is 0 Å². The predicted molar refractivity (Wildman–Crippen MR) is 62.0 cm³/mol. The van der Waals surface area contributed by atoms with E-state index in [4.69, 9.17) is 0 Å². The summed E-state index contributed by atoms with van der Waals surface area (Å²) in [5.74, 6) is -0.164. The van der Waals surface area contributed by atoms with Crippen molar-refractivity contribution in [1.29, 1.82) is 0 Å². The van der Waals surface area contributed by atoms with Crippen LogP contribution in [0.5, 0.6) is 0 Å². The monoisotopic (exact) mass is 204 g/mol. The van der Waals surface area contributed by atoms with Crippen LogP contribution < -0.4 is 5.43 Å². The van der Waals surface area contributed by atoms with Gasteiger partial charge in [-0.3, -0.25) is 4.79 Å². The molecule has 3 heteroatoms. The lowest BCUT2D eigenvalue weighted by molar-refractivity contribution is 0.0955. The van der Waals surface area contributed by atoms with Crippen LogP contribution in [-0.4, -0.2) is 12.1 Å². The van der Waals surface area contributed by atoms with Gasteiger partial charge in [-0.25, -0.2) is 5.43 Å². The highest BCUT2D eigenvalue weighted by Gasteiger charge is 2.01. The summed E-state index contributed by atoms with van der Waals surface area (Å²) in [4.78, 5) is 11.5. The van der Waals surface area contributed by atoms with Crippen LogP contribution in [0.4, 0.5) is 0 Å². The molecule has 0 atom stereocenters. The first-order valence-electron chi connectivity index (χ1n) is 5.12. The first-order valence-corrected chi connectivity index (χ1v) is 5.12. The second-order valence-electron chi connectivity index (χ2n) is 3.41. The van der Waals surface area contributed by atoms with Gasteiger partial charge in [-0.1, -0.05) is 31.0 Å². The average Bonchev–Trinajstić information content (AvgIpc) is 2.25. The first-order chi connectivity index (χ1) is 7.24. The lowest BCUT2D eigenvalue weighted by atomic mass is 10.1. The summed E-state index contributed by atoms with van der Waals surface area (Å²) in [5.41, 5.74) is 4.26. The minimum Gasteiger partial charge on any atom is -0.267 e. The number of nitrogens with zero attached hydrogens (tertiary/aromatic N) is 1. The fourth-order valence-electron chi connectivity index (χ4n) is 1.07. The fraction of sp³-hybridized carbons (Fsp3) is 0.333. The summed E-state index contributed by atoms with van der Waals surface area (Å²) in [6, 6.07) is 7.40. The molecule has 0 radical (unpaired) electrons. The van der Waals surface area contributed by atoms with E-state index in [1.165, 1.54) is 0 Å². The summed E-state index contributed by atoms with van der Waals surface area (Å²) in [5, 5.41) is 3.84. The molecule has 80 valence electrons. The third-order valence-electron chi connectivity index (χ3n) is 1.99. The standard InChI is InChI=1S/C12H16N2O/c1-3-4-9-13-14-12(15)11-7-5-10(2)6-8-11/h5-9H,3-4H2,1-2H3,(H,14,15). The molecule has 0 heterocycles. The third-order valence-corrected chi connectivity index (χ3v) is 1.99. The molecule has 1 N–H and O–H groups in total. The van der Waals surface area contributed by atoms with Gasteiger partial charge in [0.25, 0.3) is 5.91 Å². The zero-order chi connectivity index (χ0) is 11.1. The second-order valence-corrected chi connectivity index (χ2v) is 3.41. The van der Waals surface area contributed by atoms with Crippen LogP contribution in [-0.2, 0) is 0 Å². The molecule has 0 aromatic heterocycles. The fourth-order valence-corrected chi connectivity index (χ4v) is 1.07. The summed E-state index contributed by atoms with van der Waals surface area (Å²) >= 11 is 0. The number of benzene rings is 1. The number of aryl methyl sites for hydroxylation is 1. The van der Waals surface area contributed by atoms with Crippen LogP contribution in [0.2, 0.25) is 0 Å². The average molecular weight is 204 g/mol. The van der Waals surface area contributed by atoms with Crippen LogP contribution >= 0.6 is 0 Å². The Labute approximate surface area is 90.2 Å². The Bertz CT molecular complexity index is 341. The molecule has 0 fully saturated rings. The molecular weight excluding hydrogens is 188 g/mol. The number of hydrazone groups is 1. The Morgan fingerprint density at radius 3 is 2.67 bits per heavy atom. The molecule has 0 saturated heterocycles. The zero-order valence-electron chi connectivity index (χ0n) is 9.16. The molecule has 0 aliphatic carbocycles. The van der Waals surface area contributed by atoms with Gasteiger partial charge < -0.3 is 0 Å². The first kappa shape index (κ1) is 11.4. The highest BCUT2D eigenvalue weighted by Crippen LogP contribution is 2.02. The molecule has 0 unspecified atom stereocenters. The molecule has 0 spiro atoms. The number of carbonyl (C=O) groups excluding carboxylic acids is 1. The molecule has 1 aromatic carbocycles. The maximum atomic E-state index is 11.5. The summed E-state index contributed by atoms with van der Waals surface area (Å²) in [6.45, 7) is 4.05. The van der Waals surface area contributed by atoms with Gasteiger partial charge in [-0.2, -0.15) is 5.10 Å². The van der Waals surface area contributed by atoms with Crippen molar-refractivity contribution in [1.82, 2.24) is 5.43 Å². The molecular formula is C12H16N2O. The Balaban J connectivity index is 2.50. The van der Waals surface area contributed by atoms with Gasteiger partial charge in [0, 0.05) is 11.8 Å². The molecule has 0 saturated carbocycles. The summed E-state index contributed by atoms with van der Waals surface area (Å²) < 4.78 is 0. The number of carbonyl (C=O) groups is 1. The minimum absolute atomic E-state index is 0.164. The topological polar surface area (TPSA) is 41.5 Å². The molecule has 1 rings (SSSR count). The van der Waals surface area contributed by atoms with Crippen molar-refractivity contribution < 1.29 is 4.79 Å². The summed E-state index contributed by atoms with van der Waals surface area (Å²) in [6.07, 6.45) is 3.63. The normalized spacial score (nSPS) is 10.5. The van der Waals surface area contributed by atoms with Gasteiger partial charge in [0.15, 0.2) is 0 Å².